The molecule has 1 unspecified atom stereocenters. The molecule has 0 aromatic heterocycles. The van der Waals surface area contributed by atoms with Crippen molar-refractivity contribution >= 4 is 24.1 Å². The summed E-state index contributed by atoms with van der Waals surface area (Å²) in [6.07, 6.45) is -1.33. The fourth-order valence-corrected chi connectivity index (χ4v) is 3.26. The molecule has 238 valence electrons. The average molecular weight is 613 g/mol. The van der Waals surface area contributed by atoms with Crippen molar-refractivity contribution in [3.63, 3.8) is 0 Å². The molecule has 2 N–H and O–H groups in total. The SMILES string of the molecule is C=C(C)C(=O)OCCCNC(=O)OCc1ccccc1OCC(COc1ccccc1)OC(=O)NCCCOC(=O)C(=C)C. The van der Waals surface area contributed by atoms with E-state index in [1.165, 1.54) is 0 Å². The van der Waals surface area contributed by atoms with Gasteiger partial charge in [0.25, 0.3) is 0 Å². The first kappa shape index (κ1) is 35.2. The molecule has 2 aromatic carbocycles. The lowest BCUT2D eigenvalue weighted by atomic mass is 10.2. The summed E-state index contributed by atoms with van der Waals surface area (Å²) in [6, 6.07) is 16.0. The van der Waals surface area contributed by atoms with E-state index >= 15 is 0 Å². The van der Waals surface area contributed by atoms with Crippen LogP contribution in [0.1, 0.15) is 32.3 Å². The summed E-state index contributed by atoms with van der Waals surface area (Å²) in [5, 5.41) is 5.20. The largest absolute Gasteiger partial charge is 0.490 e. The van der Waals surface area contributed by atoms with Gasteiger partial charge in [0.15, 0.2) is 6.10 Å². The van der Waals surface area contributed by atoms with Crippen molar-refractivity contribution in [3.05, 3.63) is 84.5 Å². The van der Waals surface area contributed by atoms with E-state index in [0.717, 1.165) is 0 Å². The first-order valence-corrected chi connectivity index (χ1v) is 14.0. The van der Waals surface area contributed by atoms with E-state index in [1.807, 2.05) is 18.2 Å². The molecule has 0 heterocycles. The number of rotatable bonds is 19. The van der Waals surface area contributed by atoms with Gasteiger partial charge >= 0.3 is 24.1 Å². The second-order valence-corrected chi connectivity index (χ2v) is 9.54. The van der Waals surface area contributed by atoms with Gasteiger partial charge in [-0.05, 0) is 44.9 Å². The van der Waals surface area contributed by atoms with E-state index in [9.17, 15) is 19.2 Å². The number of hydrogen-bond donors (Lipinski definition) is 2. The summed E-state index contributed by atoms with van der Waals surface area (Å²) in [7, 11) is 0. The highest BCUT2D eigenvalue weighted by Crippen LogP contribution is 2.20. The minimum absolute atomic E-state index is 0.0103. The Bertz CT molecular complexity index is 1250. The van der Waals surface area contributed by atoms with Gasteiger partial charge in [0.2, 0.25) is 0 Å². The minimum atomic E-state index is -0.798. The van der Waals surface area contributed by atoms with Crippen LogP contribution in [0.4, 0.5) is 9.59 Å². The average Bonchev–Trinajstić information content (AvgIpc) is 3.01. The third kappa shape index (κ3) is 14.8. The molecular formula is C32H40N2O10. The summed E-state index contributed by atoms with van der Waals surface area (Å²) in [5.74, 6) is 0.0468. The summed E-state index contributed by atoms with van der Waals surface area (Å²) >= 11 is 0. The van der Waals surface area contributed by atoms with Crippen molar-refractivity contribution in [1.29, 1.82) is 0 Å². The number of ether oxygens (including phenoxy) is 6. The summed E-state index contributed by atoms with van der Waals surface area (Å²) in [6.45, 7) is 10.7. The third-order valence-corrected chi connectivity index (χ3v) is 5.55. The van der Waals surface area contributed by atoms with Crippen LogP contribution in [-0.4, -0.2) is 69.7 Å². The van der Waals surface area contributed by atoms with Crippen molar-refractivity contribution < 1.29 is 47.6 Å². The van der Waals surface area contributed by atoms with Gasteiger partial charge in [-0.1, -0.05) is 49.6 Å². The van der Waals surface area contributed by atoms with Crippen LogP contribution in [0.5, 0.6) is 11.5 Å². The second-order valence-electron chi connectivity index (χ2n) is 9.54. The zero-order valence-electron chi connectivity index (χ0n) is 25.1. The Balaban J connectivity index is 1.85. The Kier molecular flexibility index (Phi) is 16.0. The van der Waals surface area contributed by atoms with E-state index in [4.69, 9.17) is 28.4 Å². The number of nitrogens with one attached hydrogen (secondary N) is 2. The molecule has 0 bridgehead atoms. The van der Waals surface area contributed by atoms with Crippen LogP contribution >= 0.6 is 0 Å². The van der Waals surface area contributed by atoms with Crippen LogP contribution in [-0.2, 0) is 35.1 Å². The fraction of sp³-hybridized carbons (Fsp3) is 0.375. The van der Waals surface area contributed by atoms with Crippen molar-refractivity contribution in [2.45, 2.75) is 39.4 Å². The van der Waals surface area contributed by atoms with Crippen LogP contribution in [0.2, 0.25) is 0 Å². The van der Waals surface area contributed by atoms with Gasteiger partial charge < -0.3 is 39.1 Å². The topological polar surface area (TPSA) is 148 Å². The lowest BCUT2D eigenvalue weighted by molar-refractivity contribution is -0.139. The van der Waals surface area contributed by atoms with Gasteiger partial charge in [-0.3, -0.25) is 0 Å². The predicted octanol–water partition coefficient (Wildman–Crippen LogP) is 4.48. The van der Waals surface area contributed by atoms with Gasteiger partial charge in [0, 0.05) is 29.8 Å². The van der Waals surface area contributed by atoms with E-state index in [2.05, 4.69) is 23.8 Å². The van der Waals surface area contributed by atoms with Crippen molar-refractivity contribution in [3.8, 4) is 11.5 Å². The Hall–Kier alpha value is -5.00. The standard InChI is InChI=1S/C32H40N2O10/c1-23(2)29(35)39-18-10-16-33-31(37)43-20-25-12-8-9-15-28(25)42-22-27(21-41-26-13-6-5-7-14-26)44-32(38)34-17-11-19-40-30(36)24(3)4/h5-9,12-15,27H,1,3,10-11,16-22H2,2,4H3,(H,33,37)(H,34,38). The number of hydrogen-bond acceptors (Lipinski definition) is 10. The maximum Gasteiger partial charge on any atom is 0.407 e. The van der Waals surface area contributed by atoms with E-state index < -0.39 is 30.2 Å². The van der Waals surface area contributed by atoms with E-state index in [1.54, 1.807) is 50.2 Å². The lowest BCUT2D eigenvalue weighted by Crippen LogP contribution is -2.36. The number of benzene rings is 2. The van der Waals surface area contributed by atoms with Gasteiger partial charge in [-0.15, -0.1) is 0 Å². The number of esters is 2. The molecule has 1 atom stereocenters. The number of carbonyl (C=O) groups is 4. The van der Waals surface area contributed by atoms with E-state index in [-0.39, 0.29) is 46.1 Å². The molecule has 0 saturated heterocycles. The van der Waals surface area contributed by atoms with Gasteiger partial charge in [-0.25, -0.2) is 19.2 Å². The predicted molar refractivity (Wildman–Crippen MR) is 161 cm³/mol. The zero-order chi connectivity index (χ0) is 32.2. The smallest absolute Gasteiger partial charge is 0.407 e. The molecule has 2 amide bonds. The molecule has 12 nitrogen and oxygen atoms in total. The Morgan fingerprint density at radius 2 is 1.25 bits per heavy atom. The maximum absolute atomic E-state index is 12.5. The summed E-state index contributed by atoms with van der Waals surface area (Å²) in [4.78, 5) is 47.4. The number of alkyl carbamates (subject to hydrolysis) is 2. The molecule has 0 aliphatic carbocycles. The van der Waals surface area contributed by atoms with Gasteiger partial charge in [0.05, 0.1) is 13.2 Å². The first-order chi connectivity index (χ1) is 21.2. The molecule has 2 aromatic rings. The second kappa shape index (κ2) is 20.0. The van der Waals surface area contributed by atoms with Crippen molar-refractivity contribution in [2.24, 2.45) is 0 Å². The molecule has 12 heteroatoms. The summed E-state index contributed by atoms with van der Waals surface area (Å²) < 4.78 is 32.5. The normalized spacial score (nSPS) is 10.9. The monoisotopic (exact) mass is 612 g/mol. The molecule has 0 fully saturated rings. The Morgan fingerprint density at radius 3 is 1.86 bits per heavy atom. The highest BCUT2D eigenvalue weighted by atomic mass is 16.6. The molecular weight excluding hydrogens is 572 g/mol. The molecule has 0 radical (unpaired) electrons. The van der Waals surface area contributed by atoms with Crippen LogP contribution in [0.3, 0.4) is 0 Å². The van der Waals surface area contributed by atoms with Crippen LogP contribution in [0.15, 0.2) is 78.9 Å². The Labute approximate surface area is 257 Å². The molecule has 0 saturated carbocycles. The highest BCUT2D eigenvalue weighted by Gasteiger charge is 2.18. The van der Waals surface area contributed by atoms with Crippen molar-refractivity contribution in [1.82, 2.24) is 10.6 Å². The summed E-state index contributed by atoms with van der Waals surface area (Å²) in [5.41, 5.74) is 1.19. The van der Waals surface area contributed by atoms with Crippen LogP contribution < -0.4 is 20.1 Å². The molecule has 0 spiro atoms. The quantitative estimate of drug-likeness (QED) is 0.101. The molecule has 0 aliphatic heterocycles. The highest BCUT2D eigenvalue weighted by molar-refractivity contribution is 5.87. The maximum atomic E-state index is 12.5. The molecule has 0 aliphatic rings. The number of para-hydroxylation sites is 2. The number of amides is 2. The Morgan fingerprint density at radius 1 is 0.705 bits per heavy atom. The van der Waals surface area contributed by atoms with Gasteiger partial charge in [0.1, 0.15) is 31.3 Å². The first-order valence-electron chi connectivity index (χ1n) is 14.0. The third-order valence-electron chi connectivity index (χ3n) is 5.55. The minimum Gasteiger partial charge on any atom is -0.490 e. The van der Waals surface area contributed by atoms with Crippen LogP contribution in [0, 0.1) is 0 Å². The van der Waals surface area contributed by atoms with E-state index in [0.29, 0.717) is 41.1 Å². The fourth-order valence-electron chi connectivity index (χ4n) is 3.26. The van der Waals surface area contributed by atoms with Crippen LogP contribution in [0.25, 0.3) is 0 Å². The zero-order valence-corrected chi connectivity index (χ0v) is 25.1. The van der Waals surface area contributed by atoms with Gasteiger partial charge in [-0.2, -0.15) is 0 Å². The van der Waals surface area contributed by atoms with Crippen molar-refractivity contribution in [2.75, 3.05) is 39.5 Å². The molecule has 2 rings (SSSR count). The lowest BCUT2D eigenvalue weighted by Gasteiger charge is -2.20. The number of carbonyl (C=O) groups excluding carboxylic acids is 4. The molecule has 44 heavy (non-hydrogen) atoms.